The van der Waals surface area contributed by atoms with Gasteiger partial charge in [-0.05, 0) is 20.3 Å². The molecule has 0 bridgehead atoms. The van der Waals surface area contributed by atoms with Gasteiger partial charge in [-0.25, -0.2) is 0 Å². The van der Waals surface area contributed by atoms with Gasteiger partial charge in [-0.2, -0.15) is 0 Å². The highest BCUT2D eigenvalue weighted by Crippen LogP contribution is 2.22. The van der Waals surface area contributed by atoms with Crippen LogP contribution in [0, 0.1) is 0 Å². The summed E-state index contributed by atoms with van der Waals surface area (Å²) >= 11 is 5.88. The molecule has 2 heterocycles. The Morgan fingerprint density at radius 1 is 1.50 bits per heavy atom. The molecular weight excluding hydrogens is 230 g/mol. The summed E-state index contributed by atoms with van der Waals surface area (Å²) < 4.78 is 11.1. The normalized spacial score (nSPS) is 24.2. The molecule has 1 aromatic rings. The van der Waals surface area contributed by atoms with Gasteiger partial charge in [0.05, 0.1) is 6.10 Å². The third-order valence-corrected chi connectivity index (χ3v) is 2.68. The molecule has 90 valence electrons. The summed E-state index contributed by atoms with van der Waals surface area (Å²) in [6.45, 7) is 6.29. The number of ether oxygens (including phenoxy) is 1. The smallest absolute Gasteiger partial charge is 0.318 e. The van der Waals surface area contributed by atoms with Gasteiger partial charge >= 0.3 is 6.01 Å². The van der Waals surface area contributed by atoms with E-state index in [1.165, 1.54) is 0 Å². The number of nitrogens with zero attached hydrogens (tertiary/aromatic N) is 3. The predicted molar refractivity (Wildman–Crippen MR) is 60.8 cm³/mol. The standard InChI is InChI=1S/C10H16ClN3O2/c1-7-6-14(4-3-5-15-7)10-13-12-9(16-10)8(2)11/h7-8H,3-6H2,1-2H3. The van der Waals surface area contributed by atoms with Crippen LogP contribution in [0.2, 0.25) is 0 Å². The molecule has 1 fully saturated rings. The van der Waals surface area contributed by atoms with Crippen LogP contribution < -0.4 is 4.90 Å². The quantitative estimate of drug-likeness (QED) is 0.746. The Hall–Kier alpha value is -0.810. The number of aromatic nitrogens is 2. The molecule has 0 radical (unpaired) electrons. The first-order chi connectivity index (χ1) is 7.66. The van der Waals surface area contributed by atoms with Gasteiger partial charge in [0.1, 0.15) is 5.38 Å². The summed E-state index contributed by atoms with van der Waals surface area (Å²) in [4.78, 5) is 2.05. The lowest BCUT2D eigenvalue weighted by molar-refractivity contribution is 0.0818. The first-order valence-electron chi connectivity index (χ1n) is 5.51. The molecule has 5 nitrogen and oxygen atoms in total. The maximum atomic E-state index is 5.88. The second-order valence-electron chi connectivity index (χ2n) is 4.02. The van der Waals surface area contributed by atoms with Crippen LogP contribution >= 0.6 is 11.6 Å². The van der Waals surface area contributed by atoms with E-state index in [-0.39, 0.29) is 11.5 Å². The van der Waals surface area contributed by atoms with E-state index >= 15 is 0 Å². The van der Waals surface area contributed by atoms with Crippen molar-refractivity contribution in [2.24, 2.45) is 0 Å². The molecular formula is C10H16ClN3O2. The molecule has 0 aromatic carbocycles. The Balaban J connectivity index is 2.09. The van der Waals surface area contributed by atoms with Gasteiger partial charge < -0.3 is 14.1 Å². The van der Waals surface area contributed by atoms with Gasteiger partial charge in [0.25, 0.3) is 0 Å². The van der Waals surface area contributed by atoms with Crippen LogP contribution in [0.1, 0.15) is 31.5 Å². The maximum Gasteiger partial charge on any atom is 0.318 e. The topological polar surface area (TPSA) is 51.4 Å². The average molecular weight is 246 g/mol. The summed E-state index contributed by atoms with van der Waals surface area (Å²) in [5.74, 6) is 0.467. The van der Waals surface area contributed by atoms with E-state index in [0.717, 1.165) is 26.1 Å². The monoisotopic (exact) mass is 245 g/mol. The van der Waals surface area contributed by atoms with Crippen LogP contribution in [-0.2, 0) is 4.74 Å². The second-order valence-corrected chi connectivity index (χ2v) is 4.67. The molecule has 2 rings (SSSR count). The fraction of sp³-hybridized carbons (Fsp3) is 0.800. The molecule has 0 saturated carbocycles. The van der Waals surface area contributed by atoms with Crippen molar-refractivity contribution >= 4 is 17.6 Å². The van der Waals surface area contributed by atoms with E-state index in [4.69, 9.17) is 20.8 Å². The van der Waals surface area contributed by atoms with Gasteiger partial charge in [0.15, 0.2) is 0 Å². The lowest BCUT2D eigenvalue weighted by atomic mass is 10.3. The number of anilines is 1. The Morgan fingerprint density at radius 3 is 3.00 bits per heavy atom. The SMILES string of the molecule is CC1CN(c2nnc(C(C)Cl)o2)CCCO1. The first kappa shape index (κ1) is 11.7. The third-order valence-electron chi connectivity index (χ3n) is 2.49. The highest BCUT2D eigenvalue weighted by molar-refractivity contribution is 6.20. The second kappa shape index (κ2) is 5.01. The van der Waals surface area contributed by atoms with E-state index in [9.17, 15) is 0 Å². The van der Waals surface area contributed by atoms with Crippen LogP contribution in [0.15, 0.2) is 4.42 Å². The van der Waals surface area contributed by atoms with E-state index in [2.05, 4.69) is 10.2 Å². The lowest BCUT2D eigenvalue weighted by Crippen LogP contribution is -2.30. The fourth-order valence-electron chi connectivity index (χ4n) is 1.68. The highest BCUT2D eigenvalue weighted by Gasteiger charge is 2.21. The van der Waals surface area contributed by atoms with Crippen molar-refractivity contribution < 1.29 is 9.15 Å². The summed E-state index contributed by atoms with van der Waals surface area (Å²) in [7, 11) is 0. The molecule has 0 amide bonds. The minimum absolute atomic E-state index is 0.186. The van der Waals surface area contributed by atoms with Crippen molar-refractivity contribution in [3.8, 4) is 0 Å². The van der Waals surface area contributed by atoms with Crippen molar-refractivity contribution in [3.05, 3.63) is 5.89 Å². The number of hydrogen-bond acceptors (Lipinski definition) is 5. The molecule has 6 heteroatoms. The van der Waals surface area contributed by atoms with Crippen LogP contribution in [-0.4, -0.2) is 36.0 Å². The van der Waals surface area contributed by atoms with E-state index in [0.29, 0.717) is 11.9 Å². The molecule has 1 aromatic heterocycles. The number of hydrogen-bond donors (Lipinski definition) is 0. The minimum atomic E-state index is -0.248. The Morgan fingerprint density at radius 2 is 2.31 bits per heavy atom. The van der Waals surface area contributed by atoms with E-state index in [1.807, 2.05) is 18.7 Å². The summed E-state index contributed by atoms with van der Waals surface area (Å²) in [6, 6.07) is 0.542. The average Bonchev–Trinajstić information content (AvgIpc) is 2.63. The van der Waals surface area contributed by atoms with Crippen molar-refractivity contribution in [1.29, 1.82) is 0 Å². The van der Waals surface area contributed by atoms with Crippen molar-refractivity contribution in [2.45, 2.75) is 31.7 Å². The molecule has 0 aliphatic carbocycles. The zero-order valence-corrected chi connectivity index (χ0v) is 10.3. The highest BCUT2D eigenvalue weighted by atomic mass is 35.5. The molecule has 1 aliphatic heterocycles. The van der Waals surface area contributed by atoms with Crippen LogP contribution in [0.3, 0.4) is 0 Å². The summed E-state index contributed by atoms with van der Waals surface area (Å²) in [6.07, 6.45) is 1.16. The lowest BCUT2D eigenvalue weighted by Gasteiger charge is -2.18. The first-order valence-corrected chi connectivity index (χ1v) is 5.94. The number of alkyl halides is 1. The Bertz CT molecular complexity index is 343. The largest absolute Gasteiger partial charge is 0.406 e. The Kier molecular flexibility index (Phi) is 3.66. The molecule has 2 unspecified atom stereocenters. The maximum absolute atomic E-state index is 5.88. The van der Waals surface area contributed by atoms with Crippen molar-refractivity contribution in [2.75, 3.05) is 24.6 Å². The molecule has 0 spiro atoms. The van der Waals surface area contributed by atoms with Gasteiger partial charge in [0, 0.05) is 19.7 Å². The zero-order valence-electron chi connectivity index (χ0n) is 9.52. The minimum Gasteiger partial charge on any atom is -0.406 e. The zero-order chi connectivity index (χ0) is 11.5. The van der Waals surface area contributed by atoms with E-state index < -0.39 is 0 Å². The molecule has 0 N–H and O–H groups in total. The van der Waals surface area contributed by atoms with Crippen molar-refractivity contribution in [1.82, 2.24) is 10.2 Å². The van der Waals surface area contributed by atoms with Crippen LogP contribution in [0.25, 0.3) is 0 Å². The number of rotatable bonds is 2. The Labute approximate surface area is 99.7 Å². The molecule has 2 atom stereocenters. The summed E-state index contributed by atoms with van der Waals surface area (Å²) in [5.41, 5.74) is 0. The van der Waals surface area contributed by atoms with Crippen LogP contribution in [0.5, 0.6) is 0 Å². The van der Waals surface area contributed by atoms with E-state index in [1.54, 1.807) is 0 Å². The number of halogens is 1. The molecule has 16 heavy (non-hydrogen) atoms. The van der Waals surface area contributed by atoms with Gasteiger partial charge in [0.2, 0.25) is 5.89 Å². The predicted octanol–water partition coefficient (Wildman–Crippen LogP) is 1.98. The third kappa shape index (κ3) is 2.65. The fourth-order valence-corrected chi connectivity index (χ4v) is 1.77. The van der Waals surface area contributed by atoms with Gasteiger partial charge in [-0.15, -0.1) is 16.7 Å². The van der Waals surface area contributed by atoms with Crippen LogP contribution in [0.4, 0.5) is 6.01 Å². The molecule has 1 aliphatic rings. The summed E-state index contributed by atoms with van der Waals surface area (Å²) in [5, 5.41) is 7.67. The van der Waals surface area contributed by atoms with Crippen molar-refractivity contribution in [3.63, 3.8) is 0 Å². The molecule has 1 saturated heterocycles. The van der Waals surface area contributed by atoms with Gasteiger partial charge in [-0.1, -0.05) is 5.10 Å². The van der Waals surface area contributed by atoms with Gasteiger partial charge in [-0.3, -0.25) is 0 Å².